The predicted octanol–water partition coefficient (Wildman–Crippen LogP) is 6.67. The number of likely N-dealkylation sites (tertiary alicyclic amines) is 1. The summed E-state index contributed by atoms with van der Waals surface area (Å²) in [6, 6.07) is 22.1. The largest absolute Gasteiger partial charge is 0.392 e. The number of hydrogen-bond acceptors (Lipinski definition) is 6. The van der Waals surface area contributed by atoms with Gasteiger partial charge in [-0.05, 0) is 53.8 Å². The van der Waals surface area contributed by atoms with Gasteiger partial charge in [0.25, 0.3) is 9.70 Å². The molecule has 2 fully saturated rings. The van der Waals surface area contributed by atoms with Gasteiger partial charge in [-0.25, -0.2) is 0 Å². The van der Waals surface area contributed by atoms with E-state index in [9.17, 15) is 15.0 Å². The van der Waals surface area contributed by atoms with Crippen LogP contribution in [-0.2, 0) is 26.5 Å². The van der Waals surface area contributed by atoms with Crippen LogP contribution in [0.25, 0.3) is 0 Å². The number of piperidine rings is 1. The number of benzene rings is 3. The van der Waals surface area contributed by atoms with E-state index in [1.165, 1.54) is 0 Å². The number of nitrogens with zero attached hydrogens (tertiary/aromatic N) is 1. The van der Waals surface area contributed by atoms with E-state index in [4.69, 9.17) is 55.9 Å². The Balaban J connectivity index is 1.29. The third-order valence-electron chi connectivity index (χ3n) is 7.84. The Morgan fingerprint density at radius 2 is 1.55 bits per heavy atom. The minimum Gasteiger partial charge on any atom is -0.392 e. The highest BCUT2D eigenvalue weighted by atomic mass is 35.6. The normalized spacial score (nSPS) is 23.0. The molecule has 0 saturated carbocycles. The number of anilines is 1. The Labute approximate surface area is 265 Å². The first-order valence-electron chi connectivity index (χ1n) is 13.7. The van der Waals surface area contributed by atoms with Gasteiger partial charge in [0.05, 0.1) is 24.4 Å². The van der Waals surface area contributed by atoms with Gasteiger partial charge in [0.15, 0.2) is 6.29 Å². The van der Waals surface area contributed by atoms with Crippen molar-refractivity contribution in [2.24, 2.45) is 0 Å². The number of carbonyl (C=O) groups excluding carboxylic acids is 1. The zero-order valence-corrected chi connectivity index (χ0v) is 25.7. The SMILES string of the molecule is O=C(Nc1ccc([C@H]2O[C@@H](CN3CCC(O)(c4ccc(Cl)cc4)CC3)C[C@@H](c3ccc(CO)cc3)O2)cc1)C(Cl)(Cl)Cl. The predicted molar refractivity (Wildman–Crippen MR) is 165 cm³/mol. The van der Waals surface area contributed by atoms with E-state index in [-0.39, 0.29) is 18.8 Å². The lowest BCUT2D eigenvalue weighted by molar-refractivity contribution is -0.253. The van der Waals surface area contributed by atoms with Crippen LogP contribution in [0.2, 0.25) is 5.02 Å². The third-order valence-corrected chi connectivity index (χ3v) is 8.61. The number of aliphatic hydroxyl groups is 2. The van der Waals surface area contributed by atoms with Crippen molar-refractivity contribution in [3.8, 4) is 0 Å². The lowest BCUT2D eigenvalue weighted by Gasteiger charge is -2.42. The maximum Gasteiger partial charge on any atom is 0.276 e. The van der Waals surface area contributed by atoms with Crippen LogP contribution in [0, 0.1) is 0 Å². The second kappa shape index (κ2) is 13.4. The highest BCUT2D eigenvalue weighted by molar-refractivity contribution is 6.76. The summed E-state index contributed by atoms with van der Waals surface area (Å²) < 4.78 is 10.8. The number of nitrogens with one attached hydrogen (secondary N) is 1. The van der Waals surface area contributed by atoms with E-state index < -0.39 is 21.6 Å². The van der Waals surface area contributed by atoms with Crippen LogP contribution in [-0.4, -0.2) is 50.6 Å². The number of halogens is 4. The van der Waals surface area contributed by atoms with Gasteiger partial charge in [-0.15, -0.1) is 0 Å². The van der Waals surface area contributed by atoms with Crippen LogP contribution in [0.5, 0.6) is 0 Å². The molecule has 3 atom stereocenters. The maximum absolute atomic E-state index is 12.0. The lowest BCUT2D eigenvalue weighted by Crippen LogP contribution is -2.46. The fourth-order valence-electron chi connectivity index (χ4n) is 5.40. The van der Waals surface area contributed by atoms with Crippen LogP contribution in [0.4, 0.5) is 5.69 Å². The minimum atomic E-state index is -2.07. The quantitative estimate of drug-likeness (QED) is 0.247. The molecule has 11 heteroatoms. The molecule has 3 N–H and O–H groups in total. The Hall–Kier alpha value is -1.91. The first-order valence-corrected chi connectivity index (χ1v) is 15.2. The molecule has 0 radical (unpaired) electrons. The maximum atomic E-state index is 12.0. The number of ether oxygens (including phenoxy) is 2. The van der Waals surface area contributed by atoms with Crippen molar-refractivity contribution in [1.29, 1.82) is 0 Å². The topological polar surface area (TPSA) is 91.3 Å². The van der Waals surface area contributed by atoms with Gasteiger partial charge in [-0.1, -0.05) is 94.9 Å². The Kier molecular flexibility index (Phi) is 10.0. The molecule has 7 nitrogen and oxygen atoms in total. The second-order valence-corrected chi connectivity index (χ2v) is 13.5. The molecule has 5 rings (SSSR count). The van der Waals surface area contributed by atoms with E-state index in [1.54, 1.807) is 24.3 Å². The summed E-state index contributed by atoms with van der Waals surface area (Å²) in [5.74, 6) is -0.749. The molecule has 0 spiro atoms. The van der Waals surface area contributed by atoms with Crippen molar-refractivity contribution in [3.05, 3.63) is 100 Å². The molecule has 0 unspecified atom stereocenters. The van der Waals surface area contributed by atoms with E-state index in [0.29, 0.717) is 36.5 Å². The summed E-state index contributed by atoms with van der Waals surface area (Å²) in [5.41, 5.74) is 3.07. The van der Waals surface area contributed by atoms with Crippen molar-refractivity contribution in [3.63, 3.8) is 0 Å². The monoisotopic (exact) mass is 652 g/mol. The zero-order valence-electron chi connectivity index (χ0n) is 22.7. The molecule has 1 amide bonds. The van der Waals surface area contributed by atoms with Crippen LogP contribution in [0.3, 0.4) is 0 Å². The fraction of sp³-hybridized carbons (Fsp3) is 0.387. The van der Waals surface area contributed by atoms with E-state index in [2.05, 4.69) is 10.2 Å². The molecule has 0 aromatic heterocycles. The number of hydrogen-bond donors (Lipinski definition) is 3. The highest BCUT2D eigenvalue weighted by Crippen LogP contribution is 2.40. The van der Waals surface area contributed by atoms with Gasteiger partial charge in [-0.3, -0.25) is 4.79 Å². The summed E-state index contributed by atoms with van der Waals surface area (Å²) in [7, 11) is 0. The summed E-state index contributed by atoms with van der Waals surface area (Å²) in [4.78, 5) is 14.4. The number of alkyl halides is 3. The molecule has 2 aliphatic heterocycles. The van der Waals surface area contributed by atoms with Crippen LogP contribution in [0.1, 0.15) is 53.9 Å². The fourth-order valence-corrected chi connectivity index (χ4v) is 5.67. The molecule has 42 heavy (non-hydrogen) atoms. The van der Waals surface area contributed by atoms with E-state index in [1.807, 2.05) is 48.5 Å². The van der Waals surface area contributed by atoms with E-state index >= 15 is 0 Å². The molecule has 0 aliphatic carbocycles. The Bertz CT molecular complexity index is 1340. The van der Waals surface area contributed by atoms with Crippen molar-refractivity contribution in [2.45, 2.75) is 53.8 Å². The lowest BCUT2D eigenvalue weighted by atomic mass is 9.84. The highest BCUT2D eigenvalue weighted by Gasteiger charge is 2.37. The molecule has 2 saturated heterocycles. The summed E-state index contributed by atoms with van der Waals surface area (Å²) in [5, 5.41) is 24.0. The van der Waals surface area contributed by atoms with Gasteiger partial charge in [-0.2, -0.15) is 0 Å². The van der Waals surface area contributed by atoms with E-state index in [0.717, 1.165) is 35.3 Å². The number of carbonyl (C=O) groups is 1. The smallest absolute Gasteiger partial charge is 0.276 e. The van der Waals surface area contributed by atoms with Gasteiger partial charge < -0.3 is 29.9 Å². The van der Waals surface area contributed by atoms with Gasteiger partial charge in [0.1, 0.15) is 0 Å². The van der Waals surface area contributed by atoms with Crippen LogP contribution in [0.15, 0.2) is 72.8 Å². The van der Waals surface area contributed by atoms with Crippen LogP contribution >= 0.6 is 46.4 Å². The average molecular weight is 654 g/mol. The number of rotatable bonds is 7. The first kappa shape index (κ1) is 31.5. The molecule has 3 aromatic rings. The molecule has 224 valence electrons. The standard InChI is InChI=1S/C31H32Cl4N2O5/c32-24-9-7-23(8-10-24)30(40)13-15-37(16-14-30)18-26-17-27(21-3-1-20(19-38)2-4-21)42-28(41-26)22-5-11-25(12-6-22)36-29(39)31(33,34)35/h1-12,26-28,38,40H,13-19H2,(H,36,39)/t26-,27+,28+/m1/s1. The average Bonchev–Trinajstić information content (AvgIpc) is 2.98. The molecular formula is C31H32Cl4N2O5. The number of amides is 1. The second-order valence-electron chi connectivity index (χ2n) is 10.8. The summed E-state index contributed by atoms with van der Waals surface area (Å²) in [6.45, 7) is 2.09. The van der Waals surface area contributed by atoms with Crippen molar-refractivity contribution in [2.75, 3.05) is 25.0 Å². The van der Waals surface area contributed by atoms with Gasteiger partial charge in [0.2, 0.25) is 0 Å². The van der Waals surface area contributed by atoms with Crippen molar-refractivity contribution < 1.29 is 24.5 Å². The van der Waals surface area contributed by atoms with Gasteiger partial charge >= 0.3 is 0 Å². The van der Waals surface area contributed by atoms with Crippen molar-refractivity contribution in [1.82, 2.24) is 4.90 Å². The molecule has 0 bridgehead atoms. The summed E-state index contributed by atoms with van der Waals surface area (Å²) in [6.07, 6.45) is 0.825. The van der Waals surface area contributed by atoms with Crippen molar-refractivity contribution >= 4 is 58.0 Å². The minimum absolute atomic E-state index is 0.0291. The molecule has 3 aromatic carbocycles. The third kappa shape index (κ3) is 7.78. The Morgan fingerprint density at radius 1 is 0.929 bits per heavy atom. The van der Waals surface area contributed by atoms with Crippen LogP contribution < -0.4 is 5.32 Å². The molecule has 2 aliphatic rings. The summed E-state index contributed by atoms with van der Waals surface area (Å²) >= 11 is 23.1. The zero-order chi connectivity index (χ0) is 29.9. The van der Waals surface area contributed by atoms with Gasteiger partial charge in [0, 0.05) is 42.3 Å². The Morgan fingerprint density at radius 3 is 2.14 bits per heavy atom. The molecule has 2 heterocycles. The first-order chi connectivity index (χ1) is 20.0. The molecular weight excluding hydrogens is 622 g/mol. The number of aliphatic hydroxyl groups excluding tert-OH is 1.